The molecule has 0 aromatic heterocycles. The first-order chi connectivity index (χ1) is 9.99. The number of carbonyl (C=O) groups excluding carboxylic acids is 1. The lowest BCUT2D eigenvalue weighted by atomic mass is 9.85. The molecule has 0 aliphatic heterocycles. The number of amides is 1. The van der Waals surface area contributed by atoms with Gasteiger partial charge in [-0.2, -0.15) is 0 Å². The molecule has 4 N–H and O–H groups in total. The second kappa shape index (κ2) is 6.95. The number of benzene rings is 1. The highest BCUT2D eigenvalue weighted by atomic mass is 19.1. The number of hydrogen-bond acceptors (Lipinski definition) is 3. The lowest BCUT2D eigenvalue weighted by Crippen LogP contribution is -2.39. The fourth-order valence-corrected chi connectivity index (χ4v) is 2.74. The van der Waals surface area contributed by atoms with Gasteiger partial charge in [-0.3, -0.25) is 4.79 Å². The summed E-state index contributed by atoms with van der Waals surface area (Å²) in [6.07, 6.45) is 1.75. The minimum atomic E-state index is -1.41. The van der Waals surface area contributed by atoms with Crippen LogP contribution in [0.1, 0.15) is 37.4 Å². The number of halogens is 2. The van der Waals surface area contributed by atoms with Crippen LogP contribution >= 0.6 is 0 Å². The Morgan fingerprint density at radius 1 is 1.38 bits per heavy atom. The van der Waals surface area contributed by atoms with Crippen LogP contribution in [-0.4, -0.2) is 23.6 Å². The van der Waals surface area contributed by atoms with Gasteiger partial charge in [0.2, 0.25) is 5.91 Å². The zero-order valence-corrected chi connectivity index (χ0v) is 11.7. The summed E-state index contributed by atoms with van der Waals surface area (Å²) < 4.78 is 27.0. The molecule has 4 nitrogen and oxygen atoms in total. The number of nitrogens with one attached hydrogen (secondary N) is 1. The molecule has 1 aromatic rings. The van der Waals surface area contributed by atoms with Crippen LogP contribution in [0.5, 0.6) is 0 Å². The first kappa shape index (κ1) is 15.9. The summed E-state index contributed by atoms with van der Waals surface area (Å²) in [6, 6.07) is 3.39. The fraction of sp³-hybridized carbons (Fsp3) is 0.533. The number of nitrogens with two attached hydrogens (primary N) is 1. The van der Waals surface area contributed by atoms with Gasteiger partial charge in [-0.15, -0.1) is 0 Å². The minimum absolute atomic E-state index is 0.0171. The van der Waals surface area contributed by atoms with E-state index in [9.17, 15) is 18.7 Å². The molecule has 0 bridgehead atoms. The molecular formula is C15H20F2N2O2. The molecule has 1 aliphatic rings. The molecule has 0 spiro atoms. The van der Waals surface area contributed by atoms with E-state index in [0.29, 0.717) is 6.42 Å². The number of rotatable bonds is 4. The lowest BCUT2D eigenvalue weighted by Gasteiger charge is -2.26. The Balaban J connectivity index is 1.91. The smallest absolute Gasteiger partial charge is 0.223 e. The average molecular weight is 298 g/mol. The second-order valence-electron chi connectivity index (χ2n) is 5.52. The van der Waals surface area contributed by atoms with Gasteiger partial charge in [-0.1, -0.05) is 12.5 Å². The largest absolute Gasteiger partial charge is 0.386 e. The molecular weight excluding hydrogens is 278 g/mol. The maximum atomic E-state index is 13.5. The average Bonchev–Trinajstić information content (AvgIpc) is 2.44. The Bertz CT molecular complexity index is 490. The summed E-state index contributed by atoms with van der Waals surface area (Å²) in [7, 11) is 0. The van der Waals surface area contributed by atoms with Crippen molar-refractivity contribution in [2.45, 2.75) is 37.8 Å². The Morgan fingerprint density at radius 3 is 2.67 bits per heavy atom. The van der Waals surface area contributed by atoms with E-state index in [2.05, 4.69) is 5.32 Å². The highest BCUT2D eigenvalue weighted by molar-refractivity contribution is 5.78. The van der Waals surface area contributed by atoms with Crippen molar-refractivity contribution in [3.05, 3.63) is 35.4 Å². The van der Waals surface area contributed by atoms with E-state index < -0.39 is 23.3 Å². The van der Waals surface area contributed by atoms with E-state index in [4.69, 9.17) is 5.73 Å². The molecule has 1 aliphatic carbocycles. The molecule has 0 unspecified atom stereocenters. The van der Waals surface area contributed by atoms with E-state index >= 15 is 0 Å². The normalized spacial score (nSPS) is 23.6. The summed E-state index contributed by atoms with van der Waals surface area (Å²) >= 11 is 0. The molecule has 1 saturated carbocycles. The molecule has 0 heterocycles. The van der Waals surface area contributed by atoms with Gasteiger partial charge in [0.05, 0.1) is 5.56 Å². The van der Waals surface area contributed by atoms with Crippen molar-refractivity contribution in [2.24, 2.45) is 11.7 Å². The summed E-state index contributed by atoms with van der Waals surface area (Å²) in [6.45, 7) is -0.220. The maximum Gasteiger partial charge on any atom is 0.223 e. The summed E-state index contributed by atoms with van der Waals surface area (Å²) in [4.78, 5) is 12.0. The van der Waals surface area contributed by atoms with Crippen molar-refractivity contribution in [2.75, 3.05) is 6.54 Å². The maximum absolute atomic E-state index is 13.5. The predicted molar refractivity (Wildman–Crippen MR) is 74.3 cm³/mol. The molecule has 1 amide bonds. The number of aliphatic hydroxyl groups excluding tert-OH is 1. The number of aliphatic hydroxyl groups is 1. The molecule has 0 saturated heterocycles. The van der Waals surface area contributed by atoms with Gasteiger partial charge in [0, 0.05) is 18.5 Å². The van der Waals surface area contributed by atoms with Crippen molar-refractivity contribution in [3.63, 3.8) is 0 Å². The van der Waals surface area contributed by atoms with E-state index in [-0.39, 0.29) is 24.4 Å². The third-order valence-corrected chi connectivity index (χ3v) is 3.89. The van der Waals surface area contributed by atoms with Gasteiger partial charge in [0.25, 0.3) is 0 Å². The number of hydrogen-bond donors (Lipinski definition) is 3. The van der Waals surface area contributed by atoms with Crippen LogP contribution in [-0.2, 0) is 4.79 Å². The quantitative estimate of drug-likeness (QED) is 0.791. The Hall–Kier alpha value is -1.53. The van der Waals surface area contributed by atoms with Crippen LogP contribution in [0.2, 0.25) is 0 Å². The Kier molecular flexibility index (Phi) is 5.25. The van der Waals surface area contributed by atoms with Crippen LogP contribution < -0.4 is 11.1 Å². The lowest BCUT2D eigenvalue weighted by molar-refractivity contribution is -0.126. The zero-order valence-electron chi connectivity index (χ0n) is 11.7. The fourth-order valence-electron chi connectivity index (χ4n) is 2.74. The van der Waals surface area contributed by atoms with Gasteiger partial charge in [-0.05, 0) is 31.4 Å². The van der Waals surface area contributed by atoms with Gasteiger partial charge in [0.15, 0.2) is 0 Å². The molecule has 2 rings (SSSR count). The topological polar surface area (TPSA) is 75.4 Å². The van der Waals surface area contributed by atoms with Gasteiger partial charge < -0.3 is 16.2 Å². The standard InChI is InChI=1S/C15H20F2N2O2/c16-11-5-2-6-12(17)14(11)13(20)8-19-15(21)9-3-1-4-10(18)7-9/h2,5-6,9-10,13,20H,1,3-4,7-8,18H2,(H,19,21)/t9-,10+,13+/m0/s1. The highest BCUT2D eigenvalue weighted by Crippen LogP contribution is 2.24. The zero-order chi connectivity index (χ0) is 15.4. The molecule has 0 radical (unpaired) electrons. The van der Waals surface area contributed by atoms with Crippen molar-refractivity contribution >= 4 is 5.91 Å². The van der Waals surface area contributed by atoms with Crippen molar-refractivity contribution < 1.29 is 18.7 Å². The van der Waals surface area contributed by atoms with Crippen LogP contribution in [0.3, 0.4) is 0 Å². The summed E-state index contributed by atoms with van der Waals surface area (Å²) in [5.74, 6) is -2.06. The Labute approximate surface area is 122 Å². The first-order valence-corrected chi connectivity index (χ1v) is 7.14. The highest BCUT2D eigenvalue weighted by Gasteiger charge is 2.26. The SMILES string of the molecule is N[C@@H]1CCC[C@H](C(=O)NC[C@@H](O)c2c(F)cccc2F)C1. The summed E-state index contributed by atoms with van der Waals surface area (Å²) in [5, 5.41) is 12.4. The second-order valence-corrected chi connectivity index (χ2v) is 5.52. The molecule has 3 atom stereocenters. The van der Waals surface area contributed by atoms with E-state index in [0.717, 1.165) is 31.4 Å². The molecule has 1 fully saturated rings. The third kappa shape index (κ3) is 3.98. The first-order valence-electron chi connectivity index (χ1n) is 7.14. The molecule has 21 heavy (non-hydrogen) atoms. The van der Waals surface area contributed by atoms with Gasteiger partial charge in [-0.25, -0.2) is 8.78 Å². The monoisotopic (exact) mass is 298 g/mol. The van der Waals surface area contributed by atoms with Crippen molar-refractivity contribution in [1.82, 2.24) is 5.32 Å². The van der Waals surface area contributed by atoms with Gasteiger partial charge >= 0.3 is 0 Å². The van der Waals surface area contributed by atoms with Gasteiger partial charge in [0.1, 0.15) is 17.7 Å². The van der Waals surface area contributed by atoms with Crippen LogP contribution in [0, 0.1) is 17.6 Å². The predicted octanol–water partition coefficient (Wildman–Crippen LogP) is 1.63. The van der Waals surface area contributed by atoms with Crippen LogP contribution in [0.25, 0.3) is 0 Å². The van der Waals surface area contributed by atoms with E-state index in [1.54, 1.807) is 0 Å². The summed E-state index contributed by atoms with van der Waals surface area (Å²) in [5.41, 5.74) is 5.40. The number of carbonyl (C=O) groups is 1. The molecule has 6 heteroatoms. The molecule has 1 aromatic carbocycles. The third-order valence-electron chi connectivity index (χ3n) is 3.89. The minimum Gasteiger partial charge on any atom is -0.386 e. The van der Waals surface area contributed by atoms with Crippen molar-refractivity contribution in [3.8, 4) is 0 Å². The van der Waals surface area contributed by atoms with Crippen molar-refractivity contribution in [1.29, 1.82) is 0 Å². The van der Waals surface area contributed by atoms with E-state index in [1.165, 1.54) is 6.07 Å². The Morgan fingerprint density at radius 2 is 2.05 bits per heavy atom. The molecule has 116 valence electrons. The van der Waals surface area contributed by atoms with Crippen LogP contribution in [0.15, 0.2) is 18.2 Å². The van der Waals surface area contributed by atoms with Crippen LogP contribution in [0.4, 0.5) is 8.78 Å². The van der Waals surface area contributed by atoms with E-state index in [1.807, 2.05) is 0 Å².